The third kappa shape index (κ3) is 2.75. The summed E-state index contributed by atoms with van der Waals surface area (Å²) in [5, 5.41) is 21.4. The van der Waals surface area contributed by atoms with Crippen molar-refractivity contribution in [1.29, 1.82) is 0 Å². The minimum atomic E-state index is -1.05. The Kier molecular flexibility index (Phi) is 3.75. The van der Waals surface area contributed by atoms with Crippen LogP contribution in [0.5, 0.6) is 0 Å². The number of hydrogen-bond acceptors (Lipinski definition) is 3. The molecule has 0 radical (unpaired) electrons. The van der Waals surface area contributed by atoms with Gasteiger partial charge in [-0.25, -0.2) is 9.59 Å². The number of carbonyl (C=O) groups is 2. The van der Waals surface area contributed by atoms with Crippen LogP contribution in [0, 0.1) is 5.92 Å². The molecule has 6 heteroatoms. The molecule has 1 heterocycles. The highest BCUT2D eigenvalue weighted by Crippen LogP contribution is 2.25. The number of aliphatic hydroxyl groups excluding tert-OH is 1. The number of nitrogens with zero attached hydrogens (tertiary/aromatic N) is 1. The van der Waals surface area contributed by atoms with Gasteiger partial charge in [0.05, 0.1) is 6.10 Å². The Bertz CT molecular complexity index is 347. The fraction of sp³-hybridized carbons (Fsp3) is 0.833. The Morgan fingerprint density at radius 3 is 2.56 bits per heavy atom. The van der Waals surface area contributed by atoms with Crippen LogP contribution in [0.4, 0.5) is 4.79 Å². The zero-order valence-corrected chi connectivity index (χ0v) is 10.5. The van der Waals surface area contributed by atoms with Crippen molar-refractivity contribution in [3.05, 3.63) is 0 Å². The second-order valence-electron chi connectivity index (χ2n) is 5.46. The Hall–Kier alpha value is -1.30. The van der Waals surface area contributed by atoms with Gasteiger partial charge in [0.25, 0.3) is 0 Å². The standard InChI is InChI=1S/C12H20N2O4/c1-7-2-3-8(4-7)13-12(18)14-6-9(15)5-10(14)11(16)17/h7-10,15H,2-6H2,1H3,(H,13,18)(H,16,17)/t7?,8?,9-,10+/m1/s1. The molecule has 0 aromatic heterocycles. The van der Waals surface area contributed by atoms with E-state index in [2.05, 4.69) is 12.2 Å². The maximum absolute atomic E-state index is 12.0. The molecule has 6 nitrogen and oxygen atoms in total. The molecular formula is C12H20N2O4. The number of carboxylic acids is 1. The van der Waals surface area contributed by atoms with Crippen LogP contribution in [0.15, 0.2) is 0 Å². The largest absolute Gasteiger partial charge is 0.480 e. The second-order valence-corrected chi connectivity index (χ2v) is 5.46. The van der Waals surface area contributed by atoms with E-state index < -0.39 is 18.1 Å². The van der Waals surface area contributed by atoms with Gasteiger partial charge in [-0.15, -0.1) is 0 Å². The molecule has 4 atom stereocenters. The molecule has 0 aromatic carbocycles. The number of likely N-dealkylation sites (tertiary alicyclic amines) is 1. The lowest BCUT2D eigenvalue weighted by Gasteiger charge is -2.24. The average molecular weight is 256 g/mol. The number of aliphatic hydroxyl groups is 1. The van der Waals surface area contributed by atoms with E-state index in [1.54, 1.807) is 0 Å². The van der Waals surface area contributed by atoms with E-state index >= 15 is 0 Å². The third-order valence-corrected chi connectivity index (χ3v) is 3.85. The Balaban J connectivity index is 1.93. The highest BCUT2D eigenvalue weighted by atomic mass is 16.4. The first-order chi connectivity index (χ1) is 8.47. The molecule has 1 saturated carbocycles. The summed E-state index contributed by atoms with van der Waals surface area (Å²) >= 11 is 0. The fourth-order valence-corrected chi connectivity index (χ4v) is 2.87. The van der Waals surface area contributed by atoms with E-state index in [-0.39, 0.29) is 25.0 Å². The highest BCUT2D eigenvalue weighted by molar-refractivity contribution is 5.83. The number of hydrogen-bond donors (Lipinski definition) is 3. The van der Waals surface area contributed by atoms with Crippen molar-refractivity contribution < 1.29 is 19.8 Å². The molecule has 102 valence electrons. The van der Waals surface area contributed by atoms with Crippen LogP contribution < -0.4 is 5.32 Å². The molecular weight excluding hydrogens is 236 g/mol. The van der Waals surface area contributed by atoms with Crippen molar-refractivity contribution in [1.82, 2.24) is 10.2 Å². The van der Waals surface area contributed by atoms with E-state index in [1.807, 2.05) is 0 Å². The summed E-state index contributed by atoms with van der Waals surface area (Å²) in [4.78, 5) is 24.3. The molecule has 0 aromatic rings. The predicted molar refractivity (Wildman–Crippen MR) is 64.1 cm³/mol. The topological polar surface area (TPSA) is 89.9 Å². The molecule has 1 aliphatic carbocycles. The van der Waals surface area contributed by atoms with Gasteiger partial charge in [-0.1, -0.05) is 6.92 Å². The number of nitrogens with one attached hydrogen (secondary N) is 1. The zero-order valence-electron chi connectivity index (χ0n) is 10.5. The summed E-state index contributed by atoms with van der Waals surface area (Å²) < 4.78 is 0. The van der Waals surface area contributed by atoms with E-state index in [4.69, 9.17) is 5.11 Å². The van der Waals surface area contributed by atoms with Crippen molar-refractivity contribution in [2.45, 2.75) is 50.8 Å². The molecule has 2 aliphatic rings. The van der Waals surface area contributed by atoms with Crippen LogP contribution in [0.3, 0.4) is 0 Å². The first kappa shape index (κ1) is 13.1. The summed E-state index contributed by atoms with van der Waals surface area (Å²) in [6.45, 7) is 2.25. The molecule has 3 N–H and O–H groups in total. The number of aliphatic carboxylic acids is 1. The normalized spacial score (nSPS) is 35.8. The van der Waals surface area contributed by atoms with Crippen molar-refractivity contribution in [3.63, 3.8) is 0 Å². The van der Waals surface area contributed by atoms with Crippen molar-refractivity contribution >= 4 is 12.0 Å². The second kappa shape index (κ2) is 5.14. The Labute approximate surface area is 106 Å². The lowest BCUT2D eigenvalue weighted by molar-refractivity contribution is -0.141. The highest BCUT2D eigenvalue weighted by Gasteiger charge is 2.39. The first-order valence-corrected chi connectivity index (χ1v) is 6.45. The first-order valence-electron chi connectivity index (χ1n) is 6.45. The zero-order chi connectivity index (χ0) is 13.3. The minimum absolute atomic E-state index is 0.102. The smallest absolute Gasteiger partial charge is 0.326 e. The predicted octanol–water partition coefficient (Wildman–Crippen LogP) is 0.404. The van der Waals surface area contributed by atoms with E-state index in [0.717, 1.165) is 19.3 Å². The van der Waals surface area contributed by atoms with Gasteiger partial charge in [-0.05, 0) is 25.2 Å². The molecule has 1 saturated heterocycles. The summed E-state index contributed by atoms with van der Waals surface area (Å²) in [5.74, 6) is -0.448. The molecule has 1 aliphatic heterocycles. The van der Waals surface area contributed by atoms with Crippen molar-refractivity contribution in [2.75, 3.05) is 6.54 Å². The van der Waals surface area contributed by atoms with Crippen molar-refractivity contribution in [2.24, 2.45) is 5.92 Å². The van der Waals surface area contributed by atoms with Gasteiger partial charge in [-0.3, -0.25) is 0 Å². The molecule has 2 amide bonds. The molecule has 0 spiro atoms. The molecule has 18 heavy (non-hydrogen) atoms. The van der Waals surface area contributed by atoms with Crippen LogP contribution in [0.2, 0.25) is 0 Å². The van der Waals surface area contributed by atoms with E-state index in [0.29, 0.717) is 5.92 Å². The number of rotatable bonds is 2. The minimum Gasteiger partial charge on any atom is -0.480 e. The van der Waals surface area contributed by atoms with Gasteiger partial charge in [0, 0.05) is 19.0 Å². The summed E-state index contributed by atoms with van der Waals surface area (Å²) in [6, 6.07) is -1.13. The van der Waals surface area contributed by atoms with Gasteiger partial charge >= 0.3 is 12.0 Å². The Morgan fingerprint density at radius 1 is 1.28 bits per heavy atom. The van der Waals surface area contributed by atoms with Crippen LogP contribution in [0.25, 0.3) is 0 Å². The maximum Gasteiger partial charge on any atom is 0.326 e. The number of β-amino-alcohol motifs (C(OH)–C–C–N with tert-alkyl or cyclic N) is 1. The van der Waals surface area contributed by atoms with Gasteiger partial charge in [-0.2, -0.15) is 0 Å². The van der Waals surface area contributed by atoms with Gasteiger partial charge in [0.2, 0.25) is 0 Å². The quantitative estimate of drug-likeness (QED) is 0.667. The van der Waals surface area contributed by atoms with E-state index in [9.17, 15) is 14.7 Å². The SMILES string of the molecule is CC1CCC(NC(=O)N2C[C@H](O)C[C@H]2C(=O)O)C1. The van der Waals surface area contributed by atoms with Crippen LogP contribution in [-0.2, 0) is 4.79 Å². The van der Waals surface area contributed by atoms with Gasteiger partial charge in [0.15, 0.2) is 0 Å². The van der Waals surface area contributed by atoms with Crippen LogP contribution in [0.1, 0.15) is 32.6 Å². The van der Waals surface area contributed by atoms with Gasteiger partial charge in [0.1, 0.15) is 6.04 Å². The summed E-state index contributed by atoms with van der Waals surface area (Å²) in [6.07, 6.45) is 2.36. The number of urea groups is 1. The van der Waals surface area contributed by atoms with Crippen LogP contribution >= 0.6 is 0 Å². The average Bonchev–Trinajstić information content (AvgIpc) is 2.85. The van der Waals surface area contributed by atoms with Crippen molar-refractivity contribution in [3.8, 4) is 0 Å². The lowest BCUT2D eigenvalue weighted by Crippen LogP contribution is -2.48. The molecule has 2 rings (SSSR count). The number of amides is 2. The Morgan fingerprint density at radius 2 is 2.00 bits per heavy atom. The van der Waals surface area contributed by atoms with E-state index in [1.165, 1.54) is 4.90 Å². The molecule has 0 bridgehead atoms. The third-order valence-electron chi connectivity index (χ3n) is 3.85. The molecule has 2 fully saturated rings. The van der Waals surface area contributed by atoms with Crippen LogP contribution in [-0.4, -0.2) is 51.8 Å². The fourth-order valence-electron chi connectivity index (χ4n) is 2.87. The summed E-state index contributed by atoms with van der Waals surface area (Å²) in [7, 11) is 0. The number of carboxylic acid groups (broad SMARTS) is 1. The lowest BCUT2D eigenvalue weighted by atomic mass is 10.1. The van der Waals surface area contributed by atoms with Gasteiger partial charge < -0.3 is 20.4 Å². The molecule has 2 unspecified atom stereocenters. The monoisotopic (exact) mass is 256 g/mol. The summed E-state index contributed by atoms with van der Waals surface area (Å²) in [5.41, 5.74) is 0. The maximum atomic E-state index is 12.0. The number of carbonyl (C=O) groups excluding carboxylic acids is 1.